The number of carbonyl (C=O) groups is 1. The summed E-state index contributed by atoms with van der Waals surface area (Å²) in [5.41, 5.74) is 7.25. The van der Waals surface area contributed by atoms with E-state index in [-0.39, 0.29) is 17.8 Å². The zero-order valence-electron chi connectivity index (χ0n) is 11.9. The summed E-state index contributed by atoms with van der Waals surface area (Å²) in [5.74, 6) is 0.209. The van der Waals surface area contributed by atoms with Crippen molar-refractivity contribution in [2.24, 2.45) is 5.73 Å². The summed E-state index contributed by atoms with van der Waals surface area (Å²) in [4.78, 5) is 11.7. The summed E-state index contributed by atoms with van der Waals surface area (Å²) in [5, 5.41) is 14.9. The van der Waals surface area contributed by atoms with E-state index in [4.69, 9.17) is 5.73 Å². The Morgan fingerprint density at radius 2 is 2.10 bits per heavy atom. The molecule has 0 aliphatic rings. The van der Waals surface area contributed by atoms with Crippen molar-refractivity contribution in [2.45, 2.75) is 12.5 Å². The minimum atomic E-state index is -0.365. The molecule has 0 heterocycles. The topological polar surface area (TPSA) is 87.4 Å². The number of aromatic hydroxyl groups is 1. The van der Waals surface area contributed by atoms with Crippen molar-refractivity contribution >= 4 is 6.03 Å². The maximum atomic E-state index is 11.7. The van der Waals surface area contributed by atoms with E-state index in [1.165, 1.54) is 6.08 Å². The minimum Gasteiger partial charge on any atom is -0.508 e. The molecule has 1 atom stereocenters. The Morgan fingerprint density at radius 3 is 2.71 bits per heavy atom. The fourth-order valence-corrected chi connectivity index (χ4v) is 1.72. The Labute approximate surface area is 124 Å². The number of carbonyl (C=O) groups excluding carboxylic acids is 1. The Kier molecular flexibility index (Phi) is 6.77. The molecule has 1 aromatic rings. The first kappa shape index (κ1) is 16.5. The highest BCUT2D eigenvalue weighted by Gasteiger charge is 2.09. The van der Waals surface area contributed by atoms with Gasteiger partial charge in [-0.15, -0.1) is 0 Å². The number of rotatable bonds is 7. The third-order valence-electron chi connectivity index (χ3n) is 2.77. The highest BCUT2D eigenvalue weighted by Crippen LogP contribution is 2.16. The summed E-state index contributed by atoms with van der Waals surface area (Å²) >= 11 is 0. The second kappa shape index (κ2) is 8.60. The molecule has 0 aliphatic carbocycles. The smallest absolute Gasteiger partial charge is 0.319 e. The van der Waals surface area contributed by atoms with Crippen LogP contribution < -0.4 is 16.4 Å². The molecule has 0 saturated heterocycles. The van der Waals surface area contributed by atoms with E-state index in [9.17, 15) is 9.90 Å². The van der Waals surface area contributed by atoms with Gasteiger partial charge < -0.3 is 21.5 Å². The van der Waals surface area contributed by atoms with Crippen molar-refractivity contribution in [3.63, 3.8) is 0 Å². The van der Waals surface area contributed by atoms with Gasteiger partial charge in [0.25, 0.3) is 0 Å². The number of phenols is 1. The number of nitrogens with two attached hydrogens (primary N) is 1. The molecule has 0 aromatic heterocycles. The first-order valence-corrected chi connectivity index (χ1v) is 6.59. The van der Waals surface area contributed by atoms with Gasteiger partial charge in [-0.25, -0.2) is 4.79 Å². The van der Waals surface area contributed by atoms with Gasteiger partial charge in [-0.1, -0.05) is 37.4 Å². The molecule has 0 spiro atoms. The monoisotopic (exact) mass is 287 g/mol. The molecule has 2 amide bonds. The van der Waals surface area contributed by atoms with Gasteiger partial charge in [-0.3, -0.25) is 0 Å². The second-order valence-corrected chi connectivity index (χ2v) is 4.49. The molecule has 21 heavy (non-hydrogen) atoms. The van der Waals surface area contributed by atoms with Crippen molar-refractivity contribution in [3.8, 4) is 5.75 Å². The molecule has 1 aromatic carbocycles. The standard InChI is InChI=1S/C16H21N3O2/c1-3-7-14(4-2)19-16(21)18-11-13(17)10-12-8-5-6-9-15(12)20/h3-9,13,20H,1-2,10-11,17H2,(H2,18,19,21)/b14-7+. The molecule has 5 N–H and O–H groups in total. The zero-order chi connectivity index (χ0) is 15.7. The quantitative estimate of drug-likeness (QED) is 0.577. The molecule has 112 valence electrons. The van der Waals surface area contributed by atoms with Crippen LogP contribution in [-0.4, -0.2) is 23.7 Å². The predicted molar refractivity (Wildman–Crippen MR) is 84.8 cm³/mol. The van der Waals surface area contributed by atoms with Crippen molar-refractivity contribution in [3.05, 3.63) is 66.9 Å². The van der Waals surface area contributed by atoms with Crippen molar-refractivity contribution in [2.75, 3.05) is 6.54 Å². The van der Waals surface area contributed by atoms with Gasteiger partial charge in [0.2, 0.25) is 0 Å². The Hall–Kier alpha value is -2.53. The van der Waals surface area contributed by atoms with Gasteiger partial charge in [0.15, 0.2) is 0 Å². The zero-order valence-corrected chi connectivity index (χ0v) is 11.9. The molecular weight excluding hydrogens is 266 g/mol. The normalized spacial score (nSPS) is 12.3. The lowest BCUT2D eigenvalue weighted by molar-refractivity contribution is 0.243. The number of benzene rings is 1. The molecule has 0 aliphatic heterocycles. The number of urea groups is 1. The van der Waals surface area contributed by atoms with Crippen LogP contribution in [0.4, 0.5) is 4.79 Å². The van der Waals surface area contributed by atoms with Crippen LogP contribution in [0.25, 0.3) is 0 Å². The lowest BCUT2D eigenvalue weighted by Crippen LogP contribution is -2.42. The number of hydrogen-bond donors (Lipinski definition) is 4. The van der Waals surface area contributed by atoms with Crippen molar-refractivity contribution in [1.82, 2.24) is 10.6 Å². The summed E-state index contributed by atoms with van der Waals surface area (Å²) in [7, 11) is 0. The number of phenolic OH excluding ortho intramolecular Hbond substituents is 1. The van der Waals surface area contributed by atoms with Crippen LogP contribution in [-0.2, 0) is 6.42 Å². The second-order valence-electron chi connectivity index (χ2n) is 4.49. The van der Waals surface area contributed by atoms with E-state index in [2.05, 4.69) is 23.8 Å². The maximum Gasteiger partial charge on any atom is 0.319 e. The molecule has 1 unspecified atom stereocenters. The third kappa shape index (κ3) is 5.97. The average Bonchev–Trinajstić information content (AvgIpc) is 2.47. The van der Waals surface area contributed by atoms with E-state index in [1.807, 2.05) is 6.07 Å². The molecule has 5 heteroatoms. The first-order valence-electron chi connectivity index (χ1n) is 6.59. The molecule has 0 bridgehead atoms. The molecule has 1 rings (SSSR count). The minimum absolute atomic E-state index is 0.209. The summed E-state index contributed by atoms with van der Waals surface area (Å²) in [6.45, 7) is 7.42. The van der Waals surface area contributed by atoms with Crippen LogP contribution in [0.5, 0.6) is 5.75 Å². The van der Waals surface area contributed by atoms with Gasteiger partial charge in [-0.2, -0.15) is 0 Å². The number of para-hydroxylation sites is 1. The van der Waals surface area contributed by atoms with E-state index >= 15 is 0 Å². The van der Waals surface area contributed by atoms with Crippen LogP contribution in [0.1, 0.15) is 5.56 Å². The predicted octanol–water partition coefficient (Wildman–Crippen LogP) is 1.82. The SMILES string of the molecule is C=C/C=C(\C=C)NC(=O)NCC(N)Cc1ccccc1O. The molecule has 0 saturated carbocycles. The van der Waals surface area contributed by atoms with Gasteiger partial charge in [0.1, 0.15) is 5.75 Å². The van der Waals surface area contributed by atoms with Crippen LogP contribution in [0.3, 0.4) is 0 Å². The third-order valence-corrected chi connectivity index (χ3v) is 2.77. The lowest BCUT2D eigenvalue weighted by Gasteiger charge is -2.14. The fourth-order valence-electron chi connectivity index (χ4n) is 1.72. The fraction of sp³-hybridized carbons (Fsp3) is 0.188. The summed E-state index contributed by atoms with van der Waals surface area (Å²) < 4.78 is 0. The molecule has 5 nitrogen and oxygen atoms in total. The first-order chi connectivity index (χ1) is 10.1. The van der Waals surface area contributed by atoms with Crippen LogP contribution in [0, 0.1) is 0 Å². The van der Waals surface area contributed by atoms with E-state index < -0.39 is 0 Å². The van der Waals surface area contributed by atoms with Crippen LogP contribution in [0.15, 0.2) is 61.3 Å². The molecular formula is C16H21N3O2. The van der Waals surface area contributed by atoms with Crippen LogP contribution >= 0.6 is 0 Å². The molecule has 0 radical (unpaired) electrons. The largest absolute Gasteiger partial charge is 0.508 e. The number of amides is 2. The number of nitrogens with one attached hydrogen (secondary N) is 2. The number of allylic oxidation sites excluding steroid dienone is 3. The van der Waals surface area contributed by atoms with E-state index in [0.717, 1.165) is 5.56 Å². The highest BCUT2D eigenvalue weighted by atomic mass is 16.3. The van der Waals surface area contributed by atoms with Crippen molar-refractivity contribution in [1.29, 1.82) is 0 Å². The Bertz CT molecular complexity index is 538. The Balaban J connectivity index is 2.42. The summed E-state index contributed by atoms with van der Waals surface area (Å²) in [6.07, 6.45) is 5.18. The van der Waals surface area contributed by atoms with E-state index in [1.54, 1.807) is 30.4 Å². The lowest BCUT2D eigenvalue weighted by atomic mass is 10.1. The molecule has 0 fully saturated rings. The van der Waals surface area contributed by atoms with Gasteiger partial charge in [-0.05, 0) is 30.2 Å². The van der Waals surface area contributed by atoms with Gasteiger partial charge in [0, 0.05) is 18.3 Å². The Morgan fingerprint density at radius 1 is 1.38 bits per heavy atom. The van der Waals surface area contributed by atoms with E-state index in [0.29, 0.717) is 18.7 Å². The van der Waals surface area contributed by atoms with Gasteiger partial charge >= 0.3 is 6.03 Å². The highest BCUT2D eigenvalue weighted by molar-refractivity contribution is 5.76. The van der Waals surface area contributed by atoms with Crippen LogP contribution in [0.2, 0.25) is 0 Å². The van der Waals surface area contributed by atoms with Gasteiger partial charge in [0.05, 0.1) is 0 Å². The number of hydrogen-bond acceptors (Lipinski definition) is 3. The maximum absolute atomic E-state index is 11.7. The average molecular weight is 287 g/mol. The van der Waals surface area contributed by atoms with Crippen molar-refractivity contribution < 1.29 is 9.90 Å². The summed E-state index contributed by atoms with van der Waals surface area (Å²) in [6, 6.07) is 6.34.